The summed E-state index contributed by atoms with van der Waals surface area (Å²) in [6, 6.07) is 0. The number of carboxylic acids is 2. The molecule has 4 bridgehead atoms. The van der Waals surface area contributed by atoms with Crippen molar-refractivity contribution in [2.24, 2.45) is 10.8 Å². The van der Waals surface area contributed by atoms with Crippen molar-refractivity contribution >= 4 is 11.9 Å². The Labute approximate surface area is 103 Å². The van der Waals surface area contributed by atoms with Crippen LogP contribution in [0.25, 0.3) is 0 Å². The van der Waals surface area contributed by atoms with E-state index in [9.17, 15) is 30.0 Å². The molecular weight excluding hydrogens is 240 g/mol. The molecule has 0 unspecified atom stereocenters. The highest BCUT2D eigenvalue weighted by molar-refractivity contribution is 5.81. The molecule has 0 aromatic rings. The van der Waals surface area contributed by atoms with Crippen molar-refractivity contribution in [3.8, 4) is 0 Å². The predicted molar refractivity (Wildman–Crippen MR) is 57.7 cm³/mol. The summed E-state index contributed by atoms with van der Waals surface area (Å²) >= 11 is 0. The van der Waals surface area contributed by atoms with E-state index >= 15 is 0 Å². The maximum absolute atomic E-state index is 11.5. The molecular formula is C12H16O6. The lowest BCUT2D eigenvalue weighted by molar-refractivity contribution is -0.261. The Morgan fingerprint density at radius 2 is 1.00 bits per heavy atom. The van der Waals surface area contributed by atoms with Crippen LogP contribution in [-0.2, 0) is 9.59 Å². The van der Waals surface area contributed by atoms with Gasteiger partial charge in [0, 0.05) is 6.42 Å². The first-order chi connectivity index (χ1) is 8.13. The van der Waals surface area contributed by atoms with Gasteiger partial charge in [-0.3, -0.25) is 9.59 Å². The lowest BCUT2D eigenvalue weighted by atomic mass is 9.41. The smallest absolute Gasteiger partial charge is 0.309 e. The highest BCUT2D eigenvalue weighted by Crippen LogP contribution is 2.68. The summed E-state index contributed by atoms with van der Waals surface area (Å²) in [5.41, 5.74) is -5.31. The highest BCUT2D eigenvalue weighted by Gasteiger charge is 2.72. The normalized spacial score (nSPS) is 53.4. The summed E-state index contributed by atoms with van der Waals surface area (Å²) in [6.45, 7) is 0. The largest absolute Gasteiger partial charge is 0.481 e. The maximum Gasteiger partial charge on any atom is 0.309 e. The van der Waals surface area contributed by atoms with E-state index in [1.165, 1.54) is 0 Å². The first-order valence-corrected chi connectivity index (χ1v) is 6.05. The lowest BCUT2D eigenvalue weighted by Gasteiger charge is -2.64. The molecule has 6 nitrogen and oxygen atoms in total. The van der Waals surface area contributed by atoms with Crippen LogP contribution in [-0.4, -0.2) is 43.6 Å². The second-order valence-corrected chi connectivity index (χ2v) is 6.68. The van der Waals surface area contributed by atoms with Gasteiger partial charge in [-0.1, -0.05) is 0 Å². The zero-order valence-electron chi connectivity index (χ0n) is 9.85. The zero-order chi connectivity index (χ0) is 13.4. The third kappa shape index (κ3) is 1.30. The first kappa shape index (κ1) is 11.9. The topological polar surface area (TPSA) is 115 Å². The van der Waals surface area contributed by atoms with Gasteiger partial charge < -0.3 is 20.4 Å². The molecule has 4 N–H and O–H groups in total. The van der Waals surface area contributed by atoms with Crippen molar-refractivity contribution in [3.63, 3.8) is 0 Å². The van der Waals surface area contributed by atoms with Crippen LogP contribution in [0.2, 0.25) is 0 Å². The van der Waals surface area contributed by atoms with Crippen molar-refractivity contribution in [1.82, 2.24) is 0 Å². The Balaban J connectivity index is 2.15. The monoisotopic (exact) mass is 256 g/mol. The van der Waals surface area contributed by atoms with Crippen LogP contribution in [0.3, 0.4) is 0 Å². The zero-order valence-corrected chi connectivity index (χ0v) is 9.85. The van der Waals surface area contributed by atoms with Crippen molar-refractivity contribution in [3.05, 3.63) is 0 Å². The fraction of sp³-hybridized carbons (Fsp3) is 0.833. The minimum atomic E-state index is -1.36. The molecule has 0 aliphatic heterocycles. The van der Waals surface area contributed by atoms with Crippen molar-refractivity contribution < 1.29 is 30.0 Å². The van der Waals surface area contributed by atoms with Crippen LogP contribution in [0, 0.1) is 10.8 Å². The van der Waals surface area contributed by atoms with Gasteiger partial charge in [0.1, 0.15) is 0 Å². The second-order valence-electron chi connectivity index (χ2n) is 6.68. The molecule has 100 valence electrons. The molecule has 4 rings (SSSR count). The number of carbonyl (C=O) groups is 2. The van der Waals surface area contributed by atoms with Crippen LogP contribution in [0.5, 0.6) is 0 Å². The van der Waals surface area contributed by atoms with E-state index in [0.29, 0.717) is 0 Å². The van der Waals surface area contributed by atoms with Crippen molar-refractivity contribution in [1.29, 1.82) is 0 Å². The number of hydrogen-bond donors (Lipinski definition) is 4. The second kappa shape index (κ2) is 2.88. The molecule has 0 spiro atoms. The molecule has 0 radical (unpaired) electrons. The fourth-order valence-corrected chi connectivity index (χ4v) is 4.98. The van der Waals surface area contributed by atoms with Gasteiger partial charge in [-0.25, -0.2) is 0 Å². The van der Waals surface area contributed by atoms with E-state index in [2.05, 4.69) is 0 Å². The van der Waals surface area contributed by atoms with Crippen molar-refractivity contribution in [2.75, 3.05) is 0 Å². The fourth-order valence-electron chi connectivity index (χ4n) is 4.98. The van der Waals surface area contributed by atoms with Gasteiger partial charge in [0.25, 0.3) is 0 Å². The molecule has 0 saturated heterocycles. The van der Waals surface area contributed by atoms with Crippen LogP contribution in [0.4, 0.5) is 0 Å². The molecule has 4 saturated carbocycles. The van der Waals surface area contributed by atoms with Crippen LogP contribution < -0.4 is 0 Å². The van der Waals surface area contributed by atoms with E-state index in [0.717, 1.165) is 0 Å². The average molecular weight is 256 g/mol. The minimum absolute atomic E-state index is 0.00921. The van der Waals surface area contributed by atoms with Gasteiger partial charge in [-0.05, 0) is 32.1 Å². The summed E-state index contributed by atoms with van der Waals surface area (Å²) in [5.74, 6) is -2.21. The van der Waals surface area contributed by atoms with E-state index in [-0.39, 0.29) is 38.5 Å². The molecule has 4 aliphatic carbocycles. The standard InChI is InChI=1S/C12H16O6/c13-7(14)9-1-10(8(15)16)4-11(17,2-9)6-12(18,3-9)5-10/h17-18H,1-6H2,(H,13,14)(H,15,16). The summed E-state index contributed by atoms with van der Waals surface area (Å²) < 4.78 is 0. The van der Waals surface area contributed by atoms with Gasteiger partial charge in [0.2, 0.25) is 0 Å². The molecule has 0 aromatic carbocycles. The molecule has 0 heterocycles. The van der Waals surface area contributed by atoms with Gasteiger partial charge in [-0.15, -0.1) is 0 Å². The number of hydrogen-bond acceptors (Lipinski definition) is 4. The minimum Gasteiger partial charge on any atom is -0.481 e. The Bertz CT molecular complexity index is 401. The van der Waals surface area contributed by atoms with Crippen LogP contribution in [0.15, 0.2) is 0 Å². The SMILES string of the molecule is O=C(O)C12CC3(O)CC(O)(C1)CC(C(=O)O)(C3)C2. The van der Waals surface area contributed by atoms with Gasteiger partial charge >= 0.3 is 11.9 Å². The quantitative estimate of drug-likeness (QED) is 0.551. The summed E-state index contributed by atoms with van der Waals surface area (Å²) in [5, 5.41) is 39.6. The molecule has 4 fully saturated rings. The van der Waals surface area contributed by atoms with E-state index in [4.69, 9.17) is 0 Å². The number of aliphatic hydroxyl groups is 2. The number of aliphatic carboxylic acids is 2. The van der Waals surface area contributed by atoms with E-state index in [1.54, 1.807) is 0 Å². The maximum atomic E-state index is 11.5. The van der Waals surface area contributed by atoms with E-state index < -0.39 is 34.0 Å². The van der Waals surface area contributed by atoms with Crippen molar-refractivity contribution in [2.45, 2.75) is 49.7 Å². The molecule has 18 heavy (non-hydrogen) atoms. The first-order valence-electron chi connectivity index (χ1n) is 6.05. The Hall–Kier alpha value is -1.14. The molecule has 6 heteroatoms. The molecule has 4 aliphatic rings. The van der Waals surface area contributed by atoms with Crippen LogP contribution in [0.1, 0.15) is 38.5 Å². The predicted octanol–water partition coefficient (Wildman–Crippen LogP) is -0.0280. The number of rotatable bonds is 2. The van der Waals surface area contributed by atoms with Crippen LogP contribution >= 0.6 is 0 Å². The Morgan fingerprint density at radius 1 is 0.667 bits per heavy atom. The molecule has 0 amide bonds. The highest BCUT2D eigenvalue weighted by atomic mass is 16.4. The summed E-state index contributed by atoms with van der Waals surface area (Å²) in [6.07, 6.45) is 0.290. The summed E-state index contributed by atoms with van der Waals surface area (Å²) in [4.78, 5) is 23.0. The molecule has 0 atom stereocenters. The molecule has 0 aromatic heterocycles. The van der Waals surface area contributed by atoms with Gasteiger partial charge in [0.15, 0.2) is 0 Å². The number of carboxylic acid groups (broad SMARTS) is 2. The average Bonchev–Trinajstić information content (AvgIpc) is 2.10. The Kier molecular flexibility index (Phi) is 1.91. The van der Waals surface area contributed by atoms with Gasteiger partial charge in [0.05, 0.1) is 22.0 Å². The Morgan fingerprint density at radius 3 is 1.28 bits per heavy atom. The summed E-state index contributed by atoms with van der Waals surface area (Å²) in [7, 11) is 0. The third-order valence-electron chi connectivity index (χ3n) is 4.91. The third-order valence-corrected chi connectivity index (χ3v) is 4.91. The van der Waals surface area contributed by atoms with Gasteiger partial charge in [-0.2, -0.15) is 0 Å². The van der Waals surface area contributed by atoms with E-state index in [1.807, 2.05) is 0 Å². The lowest BCUT2D eigenvalue weighted by Crippen LogP contribution is -2.70.